The van der Waals surface area contributed by atoms with E-state index in [1.165, 1.54) is 4.90 Å². The van der Waals surface area contributed by atoms with Crippen LogP contribution in [0.1, 0.15) is 39.4 Å². The monoisotopic (exact) mass is 295 g/mol. The highest BCUT2D eigenvalue weighted by atomic mass is 16.6. The summed E-state index contributed by atoms with van der Waals surface area (Å²) in [4.78, 5) is 25.7. The minimum atomic E-state index is -0.629. The highest BCUT2D eigenvalue weighted by molar-refractivity contribution is 5.76. The number of hydrogen-bond donors (Lipinski definition) is 0. The van der Waals surface area contributed by atoms with E-state index in [1.54, 1.807) is 23.9 Å². The molecule has 0 spiro atoms. The first-order valence-electron chi connectivity index (χ1n) is 6.98. The number of fused-ring (bicyclic) bond motifs is 1. The highest BCUT2D eigenvalue weighted by Crippen LogP contribution is 2.23. The van der Waals surface area contributed by atoms with E-state index < -0.39 is 23.7 Å². The average molecular weight is 295 g/mol. The molecule has 0 aromatic carbocycles. The lowest BCUT2D eigenvalue weighted by Gasteiger charge is -2.33. The molecule has 1 aliphatic heterocycles. The van der Waals surface area contributed by atoms with Crippen molar-refractivity contribution in [1.29, 1.82) is 0 Å². The molecule has 0 aliphatic carbocycles. The number of hydrogen-bond acceptors (Lipinski definition) is 5. The van der Waals surface area contributed by atoms with Gasteiger partial charge in [-0.15, -0.1) is 0 Å². The third-order valence-corrected chi connectivity index (χ3v) is 3.00. The molecule has 0 unspecified atom stereocenters. The van der Waals surface area contributed by atoms with Crippen LogP contribution in [-0.2, 0) is 20.8 Å². The van der Waals surface area contributed by atoms with Crippen LogP contribution < -0.4 is 0 Å². The van der Waals surface area contributed by atoms with Gasteiger partial charge in [0.1, 0.15) is 5.60 Å². The zero-order valence-electron chi connectivity index (χ0n) is 12.8. The molecule has 1 aliphatic rings. The molecule has 2 heterocycles. The zero-order valence-corrected chi connectivity index (χ0v) is 12.8. The Morgan fingerprint density at radius 3 is 2.76 bits per heavy atom. The molecule has 0 saturated heterocycles. The van der Waals surface area contributed by atoms with E-state index in [1.807, 2.05) is 20.8 Å². The van der Waals surface area contributed by atoms with Crippen LogP contribution in [0.4, 0.5) is 4.79 Å². The fraction of sp³-hybridized carbons (Fsp3) is 0.643. The maximum atomic E-state index is 12.2. The minimum absolute atomic E-state index is 0.197. The van der Waals surface area contributed by atoms with Gasteiger partial charge in [0.05, 0.1) is 25.4 Å². The van der Waals surface area contributed by atoms with Crippen molar-refractivity contribution in [1.82, 2.24) is 14.7 Å². The van der Waals surface area contributed by atoms with Crippen LogP contribution in [0.2, 0.25) is 0 Å². The Hall–Kier alpha value is -2.05. The first-order chi connectivity index (χ1) is 9.81. The van der Waals surface area contributed by atoms with Crippen LogP contribution in [-0.4, -0.2) is 45.5 Å². The molecule has 2 rings (SSSR count). The van der Waals surface area contributed by atoms with Gasteiger partial charge in [0.2, 0.25) is 0 Å². The lowest BCUT2D eigenvalue weighted by molar-refractivity contribution is -0.148. The number of nitrogens with zero attached hydrogens (tertiary/aromatic N) is 3. The van der Waals surface area contributed by atoms with Crippen molar-refractivity contribution in [2.75, 3.05) is 13.2 Å². The van der Waals surface area contributed by atoms with E-state index in [2.05, 4.69) is 5.10 Å². The van der Waals surface area contributed by atoms with Gasteiger partial charge in [0.25, 0.3) is 0 Å². The van der Waals surface area contributed by atoms with Crippen molar-refractivity contribution in [3.63, 3.8) is 0 Å². The van der Waals surface area contributed by atoms with Crippen LogP contribution >= 0.6 is 0 Å². The van der Waals surface area contributed by atoms with E-state index in [9.17, 15) is 9.59 Å². The smallest absolute Gasteiger partial charge is 0.410 e. The molecule has 0 fully saturated rings. The molecule has 0 saturated carbocycles. The summed E-state index contributed by atoms with van der Waals surface area (Å²) in [6.07, 6.45) is 1.17. The number of ether oxygens (including phenoxy) is 2. The summed E-state index contributed by atoms with van der Waals surface area (Å²) in [5.74, 6) is -0.393. The first kappa shape index (κ1) is 15.3. The van der Waals surface area contributed by atoms with Gasteiger partial charge in [0.15, 0.2) is 6.04 Å². The third-order valence-electron chi connectivity index (χ3n) is 3.00. The standard InChI is InChI=1S/C14H21N3O4/c1-5-20-12(18)11-9-16(13(19)21-14(2,3)4)8-10-6-7-15-17(10)11/h6-7,11H,5,8-9H2,1-4H3/t11-/m0/s1. The van der Waals surface area contributed by atoms with E-state index in [4.69, 9.17) is 9.47 Å². The second-order valence-corrected chi connectivity index (χ2v) is 5.90. The van der Waals surface area contributed by atoms with Gasteiger partial charge in [0, 0.05) is 6.20 Å². The number of aromatic nitrogens is 2. The summed E-state index contributed by atoms with van der Waals surface area (Å²) in [7, 11) is 0. The van der Waals surface area contributed by atoms with Crippen LogP contribution in [0.15, 0.2) is 12.3 Å². The summed E-state index contributed by atoms with van der Waals surface area (Å²) >= 11 is 0. The Bertz CT molecular complexity index is 533. The lowest BCUT2D eigenvalue weighted by atomic mass is 10.2. The predicted molar refractivity (Wildman–Crippen MR) is 74.5 cm³/mol. The molecule has 21 heavy (non-hydrogen) atoms. The van der Waals surface area contributed by atoms with E-state index >= 15 is 0 Å². The number of esters is 1. The molecule has 0 N–H and O–H groups in total. The Kier molecular flexibility index (Phi) is 4.20. The first-order valence-corrected chi connectivity index (χ1v) is 6.98. The fourth-order valence-electron chi connectivity index (χ4n) is 2.17. The Labute approximate surface area is 123 Å². The van der Waals surface area contributed by atoms with Crippen molar-refractivity contribution >= 4 is 12.1 Å². The van der Waals surface area contributed by atoms with Gasteiger partial charge in [-0.2, -0.15) is 5.10 Å². The highest BCUT2D eigenvalue weighted by Gasteiger charge is 2.35. The van der Waals surface area contributed by atoms with Crippen molar-refractivity contribution in [2.45, 2.75) is 45.9 Å². The maximum Gasteiger partial charge on any atom is 0.410 e. The second kappa shape index (κ2) is 5.75. The summed E-state index contributed by atoms with van der Waals surface area (Å²) in [6.45, 7) is 8.02. The van der Waals surface area contributed by atoms with Crippen molar-refractivity contribution in [3.05, 3.63) is 18.0 Å². The van der Waals surface area contributed by atoms with E-state index in [0.29, 0.717) is 13.2 Å². The molecule has 116 valence electrons. The quantitative estimate of drug-likeness (QED) is 0.777. The molecule has 7 nitrogen and oxygen atoms in total. The molecule has 1 amide bonds. The zero-order chi connectivity index (χ0) is 15.6. The molecule has 0 bridgehead atoms. The predicted octanol–water partition coefficient (Wildman–Crippen LogP) is 1.74. The van der Waals surface area contributed by atoms with Crippen molar-refractivity contribution in [3.8, 4) is 0 Å². The largest absolute Gasteiger partial charge is 0.464 e. The number of amides is 1. The molecule has 1 aromatic heterocycles. The average Bonchev–Trinajstić information content (AvgIpc) is 2.83. The van der Waals surface area contributed by atoms with Crippen molar-refractivity contribution < 1.29 is 19.1 Å². The summed E-state index contributed by atoms with van der Waals surface area (Å²) < 4.78 is 12.0. The number of rotatable bonds is 2. The topological polar surface area (TPSA) is 73.7 Å². The molecular weight excluding hydrogens is 274 g/mol. The van der Waals surface area contributed by atoms with Gasteiger partial charge in [-0.05, 0) is 33.8 Å². The molecule has 7 heteroatoms. The van der Waals surface area contributed by atoms with Crippen LogP contribution in [0.3, 0.4) is 0 Å². The van der Waals surface area contributed by atoms with Gasteiger partial charge in [-0.3, -0.25) is 9.58 Å². The molecule has 0 radical (unpaired) electrons. The Balaban J connectivity index is 2.18. The van der Waals surface area contributed by atoms with Gasteiger partial charge in [-0.1, -0.05) is 0 Å². The Morgan fingerprint density at radius 2 is 2.14 bits per heavy atom. The number of carbonyl (C=O) groups is 2. The third kappa shape index (κ3) is 3.53. The fourth-order valence-corrected chi connectivity index (χ4v) is 2.17. The summed E-state index contributed by atoms with van der Waals surface area (Å²) in [6, 6.07) is 1.15. The Morgan fingerprint density at radius 1 is 1.43 bits per heavy atom. The SMILES string of the molecule is CCOC(=O)[C@@H]1CN(C(=O)OC(C)(C)C)Cc2ccnn21. The van der Waals surface area contributed by atoms with E-state index in [-0.39, 0.29) is 6.54 Å². The van der Waals surface area contributed by atoms with Crippen LogP contribution in [0.5, 0.6) is 0 Å². The van der Waals surface area contributed by atoms with Gasteiger partial charge >= 0.3 is 12.1 Å². The normalized spacial score (nSPS) is 18.1. The second-order valence-electron chi connectivity index (χ2n) is 5.90. The lowest BCUT2D eigenvalue weighted by Crippen LogP contribution is -2.46. The summed E-state index contributed by atoms with van der Waals surface area (Å²) in [5.41, 5.74) is 0.207. The van der Waals surface area contributed by atoms with Crippen molar-refractivity contribution in [2.24, 2.45) is 0 Å². The van der Waals surface area contributed by atoms with Crippen LogP contribution in [0.25, 0.3) is 0 Å². The minimum Gasteiger partial charge on any atom is -0.464 e. The summed E-state index contributed by atoms with van der Waals surface area (Å²) in [5, 5.41) is 4.15. The molecular formula is C14H21N3O4. The van der Waals surface area contributed by atoms with Gasteiger partial charge < -0.3 is 9.47 Å². The van der Waals surface area contributed by atoms with E-state index in [0.717, 1.165) is 5.69 Å². The molecule has 1 atom stereocenters. The van der Waals surface area contributed by atoms with Gasteiger partial charge in [-0.25, -0.2) is 9.59 Å². The maximum absolute atomic E-state index is 12.2. The number of carbonyl (C=O) groups excluding carboxylic acids is 2. The van der Waals surface area contributed by atoms with Crippen LogP contribution in [0, 0.1) is 0 Å². The molecule has 1 aromatic rings.